The van der Waals surface area contributed by atoms with E-state index in [9.17, 15) is 9.59 Å². The molecule has 0 aromatic rings. The molecule has 2 amide bonds. The van der Waals surface area contributed by atoms with Crippen molar-refractivity contribution in [3.8, 4) is 0 Å². The van der Waals surface area contributed by atoms with Crippen molar-refractivity contribution in [3.63, 3.8) is 0 Å². The van der Waals surface area contributed by atoms with Gasteiger partial charge in [0.2, 0.25) is 11.8 Å². The molecule has 76 valence electrons. The Kier molecular flexibility index (Phi) is 4.47. The maximum absolute atomic E-state index is 11.1. The highest BCUT2D eigenvalue weighted by Gasteiger charge is 1.98. The molecule has 1 aliphatic rings. The summed E-state index contributed by atoms with van der Waals surface area (Å²) in [5.41, 5.74) is 0. The van der Waals surface area contributed by atoms with Gasteiger partial charge in [0.15, 0.2) is 0 Å². The van der Waals surface area contributed by atoms with Crippen LogP contribution in [0.3, 0.4) is 0 Å². The number of hydrogen-bond donors (Lipinski definition) is 2. The van der Waals surface area contributed by atoms with E-state index in [4.69, 9.17) is 0 Å². The minimum atomic E-state index is -0.00204. The summed E-state index contributed by atoms with van der Waals surface area (Å²) in [4.78, 5) is 22.2. The molecule has 2 N–H and O–H groups in total. The third-order valence-corrected chi connectivity index (χ3v) is 1.77. The predicted octanol–water partition coefficient (Wildman–Crippen LogP) is 0.125. The second-order valence-corrected chi connectivity index (χ2v) is 2.96. The standard InChI is InChI=1S/C10H14N2O2/c13-9-5-1-3-7-11-10(14)6-2-4-8-12-9/h1-4H,5-8H2,(H,11,14)(H,12,13)/b3-1-,4-2+. The summed E-state index contributed by atoms with van der Waals surface area (Å²) in [5, 5.41) is 5.41. The minimum Gasteiger partial charge on any atom is -0.352 e. The van der Waals surface area contributed by atoms with Crippen LogP contribution in [0.2, 0.25) is 0 Å². The molecule has 0 spiro atoms. The van der Waals surface area contributed by atoms with Gasteiger partial charge >= 0.3 is 0 Å². The Morgan fingerprint density at radius 2 is 1.21 bits per heavy atom. The van der Waals surface area contributed by atoms with Crippen molar-refractivity contribution in [1.29, 1.82) is 0 Å². The first-order valence-electron chi connectivity index (χ1n) is 4.62. The lowest BCUT2D eigenvalue weighted by Gasteiger charge is -2.02. The van der Waals surface area contributed by atoms with Crippen molar-refractivity contribution >= 4 is 11.8 Å². The van der Waals surface area contributed by atoms with Crippen LogP contribution in [0.15, 0.2) is 24.3 Å². The molecule has 0 fully saturated rings. The molecule has 1 rings (SSSR count). The van der Waals surface area contributed by atoms with Crippen molar-refractivity contribution in [3.05, 3.63) is 24.3 Å². The zero-order valence-corrected chi connectivity index (χ0v) is 7.95. The van der Waals surface area contributed by atoms with Gasteiger partial charge in [-0.3, -0.25) is 9.59 Å². The van der Waals surface area contributed by atoms with Crippen LogP contribution in [0.25, 0.3) is 0 Å². The smallest absolute Gasteiger partial charge is 0.224 e. The number of hydrogen-bond acceptors (Lipinski definition) is 2. The molecule has 0 bridgehead atoms. The number of carbonyl (C=O) groups is 2. The molecule has 0 aromatic carbocycles. The van der Waals surface area contributed by atoms with E-state index in [0.29, 0.717) is 25.9 Å². The fraction of sp³-hybridized carbons (Fsp3) is 0.400. The maximum atomic E-state index is 11.1. The van der Waals surface area contributed by atoms with E-state index >= 15 is 0 Å². The van der Waals surface area contributed by atoms with Crippen molar-refractivity contribution in [1.82, 2.24) is 10.6 Å². The monoisotopic (exact) mass is 194 g/mol. The van der Waals surface area contributed by atoms with Crippen LogP contribution in [-0.2, 0) is 9.59 Å². The molecule has 1 heterocycles. The number of rotatable bonds is 0. The van der Waals surface area contributed by atoms with Crippen molar-refractivity contribution < 1.29 is 9.59 Å². The SMILES string of the molecule is O=C1C/C=C\CNC(=O)C/C=C/CN1. The summed E-state index contributed by atoms with van der Waals surface area (Å²) in [6.07, 6.45) is 7.79. The molecular formula is C10H14N2O2. The molecule has 0 saturated carbocycles. The van der Waals surface area contributed by atoms with E-state index in [1.54, 1.807) is 24.3 Å². The van der Waals surface area contributed by atoms with Crippen LogP contribution in [0.5, 0.6) is 0 Å². The number of carbonyl (C=O) groups excluding carboxylic acids is 2. The summed E-state index contributed by atoms with van der Waals surface area (Å²) in [5.74, 6) is -0.00407. The van der Waals surface area contributed by atoms with Crippen LogP contribution < -0.4 is 10.6 Å². The van der Waals surface area contributed by atoms with Crippen LogP contribution in [0.4, 0.5) is 0 Å². The molecule has 0 saturated heterocycles. The van der Waals surface area contributed by atoms with Crippen molar-refractivity contribution in [2.45, 2.75) is 12.8 Å². The quantitative estimate of drug-likeness (QED) is 0.538. The van der Waals surface area contributed by atoms with E-state index in [0.717, 1.165) is 0 Å². The highest BCUT2D eigenvalue weighted by atomic mass is 16.2. The summed E-state index contributed by atoms with van der Waals surface area (Å²) in [7, 11) is 0. The van der Waals surface area contributed by atoms with Gasteiger partial charge in [0.25, 0.3) is 0 Å². The van der Waals surface area contributed by atoms with E-state index in [1.165, 1.54) is 0 Å². The van der Waals surface area contributed by atoms with Gasteiger partial charge in [-0.25, -0.2) is 0 Å². The lowest BCUT2D eigenvalue weighted by molar-refractivity contribution is -0.120. The predicted molar refractivity (Wildman–Crippen MR) is 53.5 cm³/mol. The molecule has 0 aromatic heterocycles. The van der Waals surface area contributed by atoms with Crippen molar-refractivity contribution in [2.24, 2.45) is 0 Å². The highest BCUT2D eigenvalue weighted by molar-refractivity contribution is 5.78. The van der Waals surface area contributed by atoms with Gasteiger partial charge < -0.3 is 10.6 Å². The van der Waals surface area contributed by atoms with E-state index in [1.807, 2.05) is 0 Å². The van der Waals surface area contributed by atoms with Gasteiger partial charge in [-0.1, -0.05) is 24.3 Å². The third-order valence-electron chi connectivity index (χ3n) is 1.77. The fourth-order valence-electron chi connectivity index (χ4n) is 1.04. The zero-order chi connectivity index (χ0) is 10.2. The van der Waals surface area contributed by atoms with E-state index in [2.05, 4.69) is 10.6 Å². The average Bonchev–Trinajstić information content (AvgIpc) is 2.14. The summed E-state index contributed by atoms with van der Waals surface area (Å²) >= 11 is 0. The molecule has 4 nitrogen and oxygen atoms in total. The Balaban J connectivity index is 2.46. The Labute approximate surface area is 83.1 Å². The molecule has 0 atom stereocenters. The Bertz CT molecular complexity index is 241. The van der Waals surface area contributed by atoms with Gasteiger partial charge in [-0.15, -0.1) is 0 Å². The lowest BCUT2D eigenvalue weighted by Crippen LogP contribution is -2.24. The van der Waals surface area contributed by atoms with Crippen LogP contribution in [-0.4, -0.2) is 24.9 Å². The lowest BCUT2D eigenvalue weighted by atomic mass is 10.3. The second-order valence-electron chi connectivity index (χ2n) is 2.96. The molecule has 4 heteroatoms. The van der Waals surface area contributed by atoms with Gasteiger partial charge in [0.1, 0.15) is 0 Å². The summed E-state index contributed by atoms with van der Waals surface area (Å²) < 4.78 is 0. The first-order valence-corrected chi connectivity index (χ1v) is 4.62. The third kappa shape index (κ3) is 4.45. The van der Waals surface area contributed by atoms with Crippen LogP contribution in [0, 0.1) is 0 Å². The van der Waals surface area contributed by atoms with Gasteiger partial charge in [0.05, 0.1) is 0 Å². The van der Waals surface area contributed by atoms with Crippen LogP contribution >= 0.6 is 0 Å². The van der Waals surface area contributed by atoms with Gasteiger partial charge in [-0.05, 0) is 0 Å². The maximum Gasteiger partial charge on any atom is 0.224 e. The first kappa shape index (κ1) is 10.5. The molecule has 14 heavy (non-hydrogen) atoms. The van der Waals surface area contributed by atoms with Crippen molar-refractivity contribution in [2.75, 3.05) is 13.1 Å². The topological polar surface area (TPSA) is 58.2 Å². The normalized spacial score (nSPS) is 23.7. The van der Waals surface area contributed by atoms with Gasteiger partial charge in [0, 0.05) is 25.9 Å². The molecule has 1 aliphatic heterocycles. The van der Waals surface area contributed by atoms with E-state index < -0.39 is 0 Å². The molecular weight excluding hydrogens is 180 g/mol. The molecule has 0 radical (unpaired) electrons. The van der Waals surface area contributed by atoms with E-state index in [-0.39, 0.29) is 11.8 Å². The summed E-state index contributed by atoms with van der Waals surface area (Å²) in [6, 6.07) is 0. The Hall–Kier alpha value is -1.58. The first-order chi connectivity index (χ1) is 6.79. The average molecular weight is 194 g/mol. The van der Waals surface area contributed by atoms with Crippen LogP contribution in [0.1, 0.15) is 12.8 Å². The van der Waals surface area contributed by atoms with Gasteiger partial charge in [-0.2, -0.15) is 0 Å². The Morgan fingerprint density at radius 1 is 0.786 bits per heavy atom. The zero-order valence-electron chi connectivity index (χ0n) is 7.95. The minimum absolute atomic E-state index is 0.00204. The molecule has 0 aliphatic carbocycles. The second kappa shape index (κ2) is 5.96. The summed E-state index contributed by atoms with van der Waals surface area (Å²) in [6.45, 7) is 0.972. The highest BCUT2D eigenvalue weighted by Crippen LogP contribution is 1.87. The Morgan fingerprint density at radius 3 is 1.64 bits per heavy atom. The number of nitrogens with one attached hydrogen (secondary N) is 2. The molecule has 0 unspecified atom stereocenters. The number of amides is 2. The fourth-order valence-corrected chi connectivity index (χ4v) is 1.04. The largest absolute Gasteiger partial charge is 0.352 e.